The first-order valence-corrected chi connectivity index (χ1v) is 7.87. The fourth-order valence-electron chi connectivity index (χ4n) is 3.50. The van der Waals surface area contributed by atoms with Crippen LogP contribution in [-0.2, 0) is 0 Å². The minimum absolute atomic E-state index is 0.180. The van der Waals surface area contributed by atoms with Gasteiger partial charge in [-0.2, -0.15) is 0 Å². The predicted octanol–water partition coefficient (Wildman–Crippen LogP) is 3.72. The highest BCUT2D eigenvalue weighted by molar-refractivity contribution is 6.25. The normalized spacial score (nSPS) is 22.6. The summed E-state index contributed by atoms with van der Waals surface area (Å²) in [5.41, 5.74) is 9.62. The van der Waals surface area contributed by atoms with Crippen LogP contribution in [0.25, 0.3) is 0 Å². The minimum atomic E-state index is -0.540. The van der Waals surface area contributed by atoms with Gasteiger partial charge in [-0.15, -0.1) is 0 Å². The standard InChI is InChI=1S/C19H19N3O/c1-12-3-8-16-15(11-12)17(23)19(2)9-10-22(18(19)21-16)14-6-4-13(20)5-7-14/h3-8,11H,9-10,20H2,1-2H3. The number of carbonyl (C=O) groups is 1. The van der Waals surface area contributed by atoms with Crippen molar-refractivity contribution in [2.24, 2.45) is 10.4 Å². The molecule has 23 heavy (non-hydrogen) atoms. The Morgan fingerprint density at radius 1 is 1.17 bits per heavy atom. The summed E-state index contributed by atoms with van der Waals surface area (Å²) in [5.74, 6) is 1.03. The average Bonchev–Trinajstić information content (AvgIpc) is 2.88. The number of anilines is 2. The lowest BCUT2D eigenvalue weighted by Gasteiger charge is -2.31. The number of benzene rings is 2. The molecule has 2 aliphatic rings. The summed E-state index contributed by atoms with van der Waals surface area (Å²) in [5, 5.41) is 0. The molecule has 2 aliphatic heterocycles. The maximum atomic E-state index is 13.1. The van der Waals surface area contributed by atoms with E-state index >= 15 is 0 Å². The smallest absolute Gasteiger partial charge is 0.178 e. The second kappa shape index (κ2) is 4.69. The van der Waals surface area contributed by atoms with Crippen molar-refractivity contribution in [3.63, 3.8) is 0 Å². The van der Waals surface area contributed by atoms with Crippen LogP contribution in [0.2, 0.25) is 0 Å². The third kappa shape index (κ3) is 1.98. The Morgan fingerprint density at radius 3 is 2.65 bits per heavy atom. The number of fused-ring (bicyclic) bond motifs is 2. The van der Waals surface area contributed by atoms with Crippen molar-refractivity contribution in [1.29, 1.82) is 0 Å². The first-order chi connectivity index (χ1) is 11.0. The summed E-state index contributed by atoms with van der Waals surface area (Å²) in [7, 11) is 0. The van der Waals surface area contributed by atoms with E-state index in [1.165, 1.54) is 0 Å². The van der Waals surface area contributed by atoms with Crippen LogP contribution in [0.15, 0.2) is 47.5 Å². The summed E-state index contributed by atoms with van der Waals surface area (Å²) in [4.78, 5) is 20.1. The predicted molar refractivity (Wildman–Crippen MR) is 93.5 cm³/mol. The molecule has 0 radical (unpaired) electrons. The second-order valence-corrected chi connectivity index (χ2v) is 6.61. The van der Waals surface area contributed by atoms with Crippen LogP contribution in [0.5, 0.6) is 0 Å². The second-order valence-electron chi connectivity index (χ2n) is 6.61. The molecule has 1 fully saturated rings. The maximum Gasteiger partial charge on any atom is 0.178 e. The largest absolute Gasteiger partial charge is 0.399 e. The Bertz CT molecular complexity index is 838. The molecule has 2 aromatic carbocycles. The van der Waals surface area contributed by atoms with Gasteiger partial charge in [-0.25, -0.2) is 4.99 Å². The highest BCUT2D eigenvalue weighted by atomic mass is 16.1. The number of hydrogen-bond acceptors (Lipinski definition) is 4. The number of hydrogen-bond donors (Lipinski definition) is 1. The molecule has 1 saturated heterocycles. The molecule has 1 unspecified atom stereocenters. The molecule has 0 bridgehead atoms. The van der Waals surface area contributed by atoms with E-state index in [1.807, 2.05) is 56.3 Å². The highest BCUT2D eigenvalue weighted by Gasteiger charge is 2.49. The van der Waals surface area contributed by atoms with Gasteiger partial charge < -0.3 is 10.6 Å². The third-order valence-corrected chi connectivity index (χ3v) is 4.91. The molecule has 2 heterocycles. The monoisotopic (exact) mass is 305 g/mol. The summed E-state index contributed by atoms with van der Waals surface area (Å²) in [6, 6.07) is 13.6. The maximum absolute atomic E-state index is 13.1. The minimum Gasteiger partial charge on any atom is -0.399 e. The zero-order valence-corrected chi connectivity index (χ0v) is 13.3. The van der Waals surface area contributed by atoms with Crippen molar-refractivity contribution in [2.45, 2.75) is 20.3 Å². The van der Waals surface area contributed by atoms with Crippen molar-refractivity contribution in [3.8, 4) is 0 Å². The molecule has 116 valence electrons. The number of nitrogen functional groups attached to an aromatic ring is 1. The number of aliphatic imine (C=N–C) groups is 1. The number of amidine groups is 1. The molecule has 2 aromatic rings. The van der Waals surface area contributed by atoms with Gasteiger partial charge in [-0.3, -0.25) is 4.79 Å². The van der Waals surface area contributed by atoms with Crippen molar-refractivity contribution >= 4 is 28.7 Å². The summed E-state index contributed by atoms with van der Waals surface area (Å²) >= 11 is 0. The zero-order valence-electron chi connectivity index (χ0n) is 13.3. The highest BCUT2D eigenvalue weighted by Crippen LogP contribution is 2.44. The number of nitrogens with two attached hydrogens (primary N) is 1. The van der Waals surface area contributed by atoms with Gasteiger partial charge in [-0.1, -0.05) is 11.6 Å². The third-order valence-electron chi connectivity index (χ3n) is 4.91. The van der Waals surface area contributed by atoms with E-state index in [2.05, 4.69) is 4.90 Å². The fraction of sp³-hybridized carbons (Fsp3) is 0.263. The lowest BCUT2D eigenvalue weighted by Crippen LogP contribution is -2.40. The molecule has 2 N–H and O–H groups in total. The van der Waals surface area contributed by atoms with Crippen LogP contribution in [0.3, 0.4) is 0 Å². The van der Waals surface area contributed by atoms with E-state index in [9.17, 15) is 4.79 Å². The molecular formula is C19H19N3O. The van der Waals surface area contributed by atoms with E-state index in [-0.39, 0.29) is 5.78 Å². The zero-order chi connectivity index (χ0) is 16.2. The van der Waals surface area contributed by atoms with E-state index < -0.39 is 5.41 Å². The van der Waals surface area contributed by atoms with Gasteiger partial charge in [0.1, 0.15) is 5.84 Å². The molecule has 0 saturated carbocycles. The molecule has 1 atom stereocenters. The van der Waals surface area contributed by atoms with Crippen molar-refractivity contribution < 1.29 is 4.79 Å². The number of Topliss-reactive ketones (excluding diaryl/α,β-unsaturated/α-hetero) is 1. The molecular weight excluding hydrogens is 286 g/mol. The Morgan fingerprint density at radius 2 is 1.91 bits per heavy atom. The molecule has 4 nitrogen and oxygen atoms in total. The lowest BCUT2D eigenvalue weighted by molar-refractivity contribution is 0.0887. The summed E-state index contributed by atoms with van der Waals surface area (Å²) in [6.45, 7) is 4.80. The SMILES string of the molecule is Cc1ccc2c(c1)C(=O)C1(C)CCN(c3ccc(N)cc3)C1=N2. The van der Waals surface area contributed by atoms with Gasteiger partial charge in [0.05, 0.1) is 11.1 Å². The van der Waals surface area contributed by atoms with Gasteiger partial charge in [-0.05, 0) is 56.7 Å². The Hall–Kier alpha value is -2.62. The van der Waals surface area contributed by atoms with E-state index in [0.29, 0.717) is 0 Å². The van der Waals surface area contributed by atoms with Gasteiger partial charge in [0, 0.05) is 23.5 Å². The van der Waals surface area contributed by atoms with Gasteiger partial charge in [0.15, 0.2) is 5.78 Å². The molecule has 0 amide bonds. The molecule has 0 spiro atoms. The molecule has 0 aromatic heterocycles. The quantitative estimate of drug-likeness (QED) is 0.817. The molecule has 0 aliphatic carbocycles. The first kappa shape index (κ1) is 14.0. The van der Waals surface area contributed by atoms with Crippen LogP contribution >= 0.6 is 0 Å². The number of rotatable bonds is 1. The Balaban J connectivity index is 1.85. The summed E-state index contributed by atoms with van der Waals surface area (Å²) in [6.07, 6.45) is 0.780. The molecule has 4 rings (SSSR count). The van der Waals surface area contributed by atoms with Crippen LogP contribution in [0, 0.1) is 12.3 Å². The van der Waals surface area contributed by atoms with E-state index in [0.717, 1.165) is 47.0 Å². The van der Waals surface area contributed by atoms with Crippen molar-refractivity contribution in [2.75, 3.05) is 17.2 Å². The van der Waals surface area contributed by atoms with Gasteiger partial charge >= 0.3 is 0 Å². The van der Waals surface area contributed by atoms with E-state index in [1.54, 1.807) is 0 Å². The van der Waals surface area contributed by atoms with Gasteiger partial charge in [0.2, 0.25) is 0 Å². The number of ketones is 1. The van der Waals surface area contributed by atoms with Crippen LogP contribution < -0.4 is 10.6 Å². The average molecular weight is 305 g/mol. The van der Waals surface area contributed by atoms with Gasteiger partial charge in [0.25, 0.3) is 0 Å². The first-order valence-electron chi connectivity index (χ1n) is 7.87. The van der Waals surface area contributed by atoms with Crippen molar-refractivity contribution in [3.05, 3.63) is 53.6 Å². The summed E-state index contributed by atoms with van der Waals surface area (Å²) < 4.78 is 0. The topological polar surface area (TPSA) is 58.7 Å². The van der Waals surface area contributed by atoms with Crippen molar-refractivity contribution in [1.82, 2.24) is 0 Å². The fourth-order valence-corrected chi connectivity index (χ4v) is 3.50. The Kier molecular flexibility index (Phi) is 2.85. The van der Waals surface area contributed by atoms with Crippen LogP contribution in [0.1, 0.15) is 29.3 Å². The number of aryl methyl sites for hydroxylation is 1. The number of carbonyl (C=O) groups excluding carboxylic acids is 1. The Labute approximate surface area is 135 Å². The van der Waals surface area contributed by atoms with Crippen LogP contribution in [-0.4, -0.2) is 18.2 Å². The molecule has 4 heteroatoms. The number of nitrogens with zero attached hydrogens (tertiary/aromatic N) is 2. The van der Waals surface area contributed by atoms with Crippen LogP contribution in [0.4, 0.5) is 17.1 Å². The lowest BCUT2D eigenvalue weighted by atomic mass is 9.78. The van der Waals surface area contributed by atoms with E-state index in [4.69, 9.17) is 10.7 Å².